The van der Waals surface area contributed by atoms with Gasteiger partial charge in [0, 0.05) is 19.6 Å². The number of ether oxygens (including phenoxy) is 1. The van der Waals surface area contributed by atoms with Crippen molar-refractivity contribution in [1.29, 1.82) is 0 Å². The minimum Gasteiger partial charge on any atom is -0.497 e. The van der Waals surface area contributed by atoms with Crippen LogP contribution >= 0.6 is 0 Å². The standard InChI is InChI=1S/C12H16N2O3/c1-17-10-4-2-9(3-5-10)11-8-13-6-7-14(11)12(15)16/h2-5,11,13H,6-8H2,1H3,(H,15,16). The van der Waals surface area contributed by atoms with Crippen molar-refractivity contribution in [2.24, 2.45) is 0 Å². The fourth-order valence-electron chi connectivity index (χ4n) is 2.06. The molecule has 5 heteroatoms. The lowest BCUT2D eigenvalue weighted by molar-refractivity contribution is 0.112. The zero-order valence-electron chi connectivity index (χ0n) is 9.72. The smallest absolute Gasteiger partial charge is 0.407 e. The molecule has 1 unspecified atom stereocenters. The van der Waals surface area contributed by atoms with Crippen molar-refractivity contribution >= 4 is 6.09 Å². The highest BCUT2D eigenvalue weighted by Gasteiger charge is 2.27. The number of methoxy groups -OCH3 is 1. The molecular formula is C12H16N2O3. The van der Waals surface area contributed by atoms with Gasteiger partial charge in [-0.2, -0.15) is 0 Å². The van der Waals surface area contributed by atoms with Crippen LogP contribution in [0.25, 0.3) is 0 Å². The van der Waals surface area contributed by atoms with Gasteiger partial charge in [0.05, 0.1) is 13.2 Å². The number of hydrogen-bond donors (Lipinski definition) is 2. The quantitative estimate of drug-likeness (QED) is 0.813. The van der Waals surface area contributed by atoms with E-state index in [-0.39, 0.29) is 6.04 Å². The third kappa shape index (κ3) is 2.50. The van der Waals surface area contributed by atoms with Crippen molar-refractivity contribution in [3.05, 3.63) is 29.8 Å². The number of nitrogens with one attached hydrogen (secondary N) is 1. The second-order valence-electron chi connectivity index (χ2n) is 3.97. The second-order valence-corrected chi connectivity index (χ2v) is 3.97. The molecule has 92 valence electrons. The molecule has 1 aliphatic rings. The number of benzene rings is 1. The summed E-state index contributed by atoms with van der Waals surface area (Å²) in [5.74, 6) is 0.777. The van der Waals surface area contributed by atoms with Crippen LogP contribution in [-0.4, -0.2) is 42.8 Å². The summed E-state index contributed by atoms with van der Waals surface area (Å²) >= 11 is 0. The highest BCUT2D eigenvalue weighted by atomic mass is 16.5. The topological polar surface area (TPSA) is 61.8 Å². The van der Waals surface area contributed by atoms with Gasteiger partial charge < -0.3 is 15.2 Å². The van der Waals surface area contributed by atoms with E-state index >= 15 is 0 Å². The van der Waals surface area contributed by atoms with Crippen molar-refractivity contribution in [2.75, 3.05) is 26.7 Å². The first-order chi connectivity index (χ1) is 8.22. The molecule has 0 radical (unpaired) electrons. The van der Waals surface area contributed by atoms with E-state index in [1.54, 1.807) is 7.11 Å². The highest BCUT2D eigenvalue weighted by molar-refractivity contribution is 5.66. The van der Waals surface area contributed by atoms with Crippen molar-refractivity contribution in [2.45, 2.75) is 6.04 Å². The Kier molecular flexibility index (Phi) is 3.49. The molecule has 0 spiro atoms. The van der Waals surface area contributed by atoms with Crippen LogP contribution < -0.4 is 10.1 Å². The summed E-state index contributed by atoms with van der Waals surface area (Å²) in [5, 5.41) is 12.4. The van der Waals surface area contributed by atoms with Crippen LogP contribution in [-0.2, 0) is 0 Å². The summed E-state index contributed by atoms with van der Waals surface area (Å²) in [6.45, 7) is 1.88. The number of hydrogen-bond acceptors (Lipinski definition) is 3. The second kappa shape index (κ2) is 5.05. The zero-order chi connectivity index (χ0) is 12.3. The lowest BCUT2D eigenvalue weighted by Gasteiger charge is -2.34. The van der Waals surface area contributed by atoms with Gasteiger partial charge in [-0.3, -0.25) is 4.90 Å². The van der Waals surface area contributed by atoms with E-state index in [2.05, 4.69) is 5.32 Å². The van der Waals surface area contributed by atoms with Gasteiger partial charge >= 0.3 is 6.09 Å². The molecule has 1 heterocycles. The molecule has 1 aromatic rings. The third-order valence-electron chi connectivity index (χ3n) is 2.99. The number of amides is 1. The maximum atomic E-state index is 11.1. The Bertz CT molecular complexity index is 391. The molecular weight excluding hydrogens is 220 g/mol. The molecule has 1 saturated heterocycles. The van der Waals surface area contributed by atoms with E-state index in [1.165, 1.54) is 4.90 Å². The minimum atomic E-state index is -0.868. The molecule has 0 aliphatic carbocycles. The normalized spacial score (nSPS) is 20.1. The first kappa shape index (κ1) is 11.7. The molecule has 0 bridgehead atoms. The van der Waals surface area contributed by atoms with Gasteiger partial charge in [0.15, 0.2) is 0 Å². The molecule has 1 aliphatic heterocycles. The highest BCUT2D eigenvalue weighted by Crippen LogP contribution is 2.24. The van der Waals surface area contributed by atoms with Crippen molar-refractivity contribution in [3.63, 3.8) is 0 Å². The lowest BCUT2D eigenvalue weighted by Crippen LogP contribution is -2.48. The van der Waals surface area contributed by atoms with Crippen LogP contribution in [0.2, 0.25) is 0 Å². The summed E-state index contributed by atoms with van der Waals surface area (Å²) in [7, 11) is 1.61. The van der Waals surface area contributed by atoms with Crippen LogP contribution in [0, 0.1) is 0 Å². The fourth-order valence-corrected chi connectivity index (χ4v) is 2.06. The van der Waals surface area contributed by atoms with E-state index in [0.29, 0.717) is 19.6 Å². The number of piperazine rings is 1. The average molecular weight is 236 g/mol. The molecule has 0 aromatic heterocycles. The summed E-state index contributed by atoms with van der Waals surface area (Å²) in [4.78, 5) is 12.6. The van der Waals surface area contributed by atoms with E-state index in [9.17, 15) is 4.79 Å². The van der Waals surface area contributed by atoms with Crippen LogP contribution in [0.5, 0.6) is 5.75 Å². The van der Waals surface area contributed by atoms with Crippen molar-refractivity contribution in [3.8, 4) is 5.75 Å². The Balaban J connectivity index is 2.20. The van der Waals surface area contributed by atoms with Crippen LogP contribution in [0.15, 0.2) is 24.3 Å². The fraction of sp³-hybridized carbons (Fsp3) is 0.417. The molecule has 1 atom stereocenters. The minimum absolute atomic E-state index is 0.118. The van der Waals surface area contributed by atoms with Gasteiger partial charge in [0.2, 0.25) is 0 Å². The van der Waals surface area contributed by atoms with E-state index in [0.717, 1.165) is 11.3 Å². The molecule has 1 amide bonds. The summed E-state index contributed by atoms with van der Waals surface area (Å²) in [6.07, 6.45) is -0.868. The molecule has 1 fully saturated rings. The monoisotopic (exact) mass is 236 g/mol. The molecule has 2 N–H and O–H groups in total. The summed E-state index contributed by atoms with van der Waals surface area (Å²) < 4.78 is 5.09. The molecule has 1 aromatic carbocycles. The van der Waals surface area contributed by atoms with Crippen LogP contribution in [0.1, 0.15) is 11.6 Å². The van der Waals surface area contributed by atoms with Gasteiger partial charge in [-0.05, 0) is 17.7 Å². The maximum absolute atomic E-state index is 11.1. The Morgan fingerprint density at radius 1 is 1.47 bits per heavy atom. The number of nitrogens with zero attached hydrogens (tertiary/aromatic N) is 1. The molecule has 2 rings (SSSR count). The summed E-state index contributed by atoms with van der Waals surface area (Å²) in [6, 6.07) is 7.40. The van der Waals surface area contributed by atoms with Crippen LogP contribution in [0.3, 0.4) is 0 Å². The van der Waals surface area contributed by atoms with Crippen LogP contribution in [0.4, 0.5) is 4.79 Å². The van der Waals surface area contributed by atoms with Crippen molar-refractivity contribution in [1.82, 2.24) is 10.2 Å². The molecule has 17 heavy (non-hydrogen) atoms. The Morgan fingerprint density at radius 3 is 2.76 bits per heavy atom. The van der Waals surface area contributed by atoms with E-state index < -0.39 is 6.09 Å². The van der Waals surface area contributed by atoms with Gasteiger partial charge in [0.1, 0.15) is 5.75 Å². The Morgan fingerprint density at radius 2 is 2.18 bits per heavy atom. The van der Waals surface area contributed by atoms with E-state index in [1.807, 2.05) is 24.3 Å². The number of carboxylic acid groups (broad SMARTS) is 1. The largest absolute Gasteiger partial charge is 0.497 e. The Labute approximate surface area is 100.0 Å². The maximum Gasteiger partial charge on any atom is 0.407 e. The van der Waals surface area contributed by atoms with Gasteiger partial charge in [-0.1, -0.05) is 12.1 Å². The van der Waals surface area contributed by atoms with Gasteiger partial charge in [-0.15, -0.1) is 0 Å². The number of rotatable bonds is 2. The molecule has 5 nitrogen and oxygen atoms in total. The molecule has 0 saturated carbocycles. The lowest BCUT2D eigenvalue weighted by atomic mass is 10.0. The predicted octanol–water partition coefficient (Wildman–Crippen LogP) is 1.32. The van der Waals surface area contributed by atoms with Gasteiger partial charge in [0.25, 0.3) is 0 Å². The van der Waals surface area contributed by atoms with Crippen molar-refractivity contribution < 1.29 is 14.6 Å². The van der Waals surface area contributed by atoms with Gasteiger partial charge in [-0.25, -0.2) is 4.79 Å². The first-order valence-corrected chi connectivity index (χ1v) is 5.56. The zero-order valence-corrected chi connectivity index (χ0v) is 9.72. The average Bonchev–Trinajstić information content (AvgIpc) is 2.39. The Hall–Kier alpha value is -1.75. The predicted molar refractivity (Wildman–Crippen MR) is 63.3 cm³/mol. The first-order valence-electron chi connectivity index (χ1n) is 5.56. The third-order valence-corrected chi connectivity index (χ3v) is 2.99. The summed E-state index contributed by atoms with van der Waals surface area (Å²) in [5.41, 5.74) is 0.986. The van der Waals surface area contributed by atoms with E-state index in [4.69, 9.17) is 9.84 Å². The number of carbonyl (C=O) groups is 1. The SMILES string of the molecule is COc1ccc(C2CNCCN2C(=O)O)cc1.